The van der Waals surface area contributed by atoms with Crippen LogP contribution in [0.15, 0.2) is 0 Å². The highest BCUT2D eigenvalue weighted by Gasteiger charge is 2.37. The highest BCUT2D eigenvalue weighted by atomic mass is 16.6. The van der Waals surface area contributed by atoms with E-state index in [0.29, 0.717) is 19.0 Å². The van der Waals surface area contributed by atoms with Crippen LogP contribution in [0.5, 0.6) is 0 Å². The molecule has 1 N–H and O–H groups in total. The fourth-order valence-electron chi connectivity index (χ4n) is 3.54. The summed E-state index contributed by atoms with van der Waals surface area (Å²) in [6.07, 6.45) is 1.93. The Hall–Kier alpha value is -1.83. The van der Waals surface area contributed by atoms with Crippen LogP contribution in [-0.2, 0) is 14.3 Å². The summed E-state index contributed by atoms with van der Waals surface area (Å²) >= 11 is 0. The fourth-order valence-corrected chi connectivity index (χ4v) is 3.54. The molecule has 0 saturated carbocycles. The van der Waals surface area contributed by atoms with Crippen LogP contribution in [0.2, 0.25) is 0 Å². The number of nitrogens with zero attached hydrogens (tertiary/aromatic N) is 2. The van der Waals surface area contributed by atoms with E-state index in [2.05, 4.69) is 0 Å². The van der Waals surface area contributed by atoms with E-state index in [1.54, 1.807) is 4.90 Å². The van der Waals surface area contributed by atoms with Crippen molar-refractivity contribution in [2.75, 3.05) is 19.7 Å². The first-order chi connectivity index (χ1) is 13.7. The van der Waals surface area contributed by atoms with Crippen LogP contribution >= 0.6 is 0 Å². The highest BCUT2D eigenvalue weighted by Crippen LogP contribution is 2.26. The van der Waals surface area contributed by atoms with Crippen molar-refractivity contribution in [3.8, 4) is 0 Å². The monoisotopic (exact) mass is 428 g/mol. The lowest BCUT2D eigenvalue weighted by Gasteiger charge is -2.28. The van der Waals surface area contributed by atoms with E-state index in [9.17, 15) is 19.5 Å². The molecule has 174 valence electrons. The molecule has 0 radical (unpaired) electrons. The molecule has 2 rings (SSSR count). The molecule has 4 atom stereocenters. The summed E-state index contributed by atoms with van der Waals surface area (Å²) in [7, 11) is 0. The zero-order valence-electron chi connectivity index (χ0n) is 19.8. The third-order valence-electron chi connectivity index (χ3n) is 5.23. The number of carbonyl (C=O) groups is 3. The van der Waals surface area contributed by atoms with Gasteiger partial charge in [-0.2, -0.15) is 0 Å². The van der Waals surface area contributed by atoms with Gasteiger partial charge in [0.05, 0.1) is 18.7 Å². The average Bonchev–Trinajstić information content (AvgIpc) is 3.14. The summed E-state index contributed by atoms with van der Waals surface area (Å²) in [4.78, 5) is 37.5. The van der Waals surface area contributed by atoms with Gasteiger partial charge in [0.1, 0.15) is 17.5 Å². The van der Waals surface area contributed by atoms with E-state index in [1.807, 2.05) is 55.4 Å². The smallest absolute Gasteiger partial charge is 0.410 e. The lowest BCUT2D eigenvalue weighted by Crippen LogP contribution is -2.42. The zero-order valence-corrected chi connectivity index (χ0v) is 19.8. The molecule has 0 unspecified atom stereocenters. The van der Waals surface area contributed by atoms with Crippen molar-refractivity contribution in [2.24, 2.45) is 11.8 Å². The van der Waals surface area contributed by atoms with Gasteiger partial charge in [-0.25, -0.2) is 9.59 Å². The largest absolute Gasteiger partial charge is 0.444 e. The summed E-state index contributed by atoms with van der Waals surface area (Å²) < 4.78 is 10.5. The Bertz CT molecular complexity index is 595. The molecule has 0 spiro atoms. The predicted molar refractivity (Wildman–Crippen MR) is 114 cm³/mol. The van der Waals surface area contributed by atoms with Crippen molar-refractivity contribution in [1.82, 2.24) is 9.80 Å². The summed E-state index contributed by atoms with van der Waals surface area (Å²) in [6.45, 7) is 16.3. The maximum absolute atomic E-state index is 11.8. The van der Waals surface area contributed by atoms with Gasteiger partial charge in [-0.3, -0.25) is 4.90 Å². The predicted octanol–water partition coefficient (Wildman–Crippen LogP) is 3.46. The molecule has 2 saturated heterocycles. The SMILES string of the molecule is C[C@H]1CCN(C(=O)OC(C)(C)C)[C@@H]1C=O.C[C@H]1CCN(C(=O)OC(C)(C)C)[C@@H]1CO. The lowest BCUT2D eigenvalue weighted by molar-refractivity contribution is -0.112. The van der Waals surface area contributed by atoms with Crippen LogP contribution in [0.25, 0.3) is 0 Å². The van der Waals surface area contributed by atoms with Crippen molar-refractivity contribution < 1.29 is 29.0 Å². The number of rotatable bonds is 2. The normalized spacial score (nSPS) is 26.7. The number of hydrogen-bond acceptors (Lipinski definition) is 6. The molecule has 8 nitrogen and oxygen atoms in total. The molecule has 0 bridgehead atoms. The van der Waals surface area contributed by atoms with Crippen LogP contribution in [0.3, 0.4) is 0 Å². The Balaban J connectivity index is 0.000000300. The minimum atomic E-state index is -0.504. The number of aldehydes is 1. The second-order valence-corrected chi connectivity index (χ2v) is 10.3. The van der Waals surface area contributed by atoms with Crippen LogP contribution in [0, 0.1) is 11.8 Å². The van der Waals surface area contributed by atoms with Gasteiger partial charge >= 0.3 is 12.2 Å². The molecule has 2 aliphatic heterocycles. The standard InChI is InChI=1S/C11H21NO3.C11H19NO3/c2*1-8-5-6-12(9(8)7-13)10(14)15-11(2,3)4/h8-9,13H,5-7H2,1-4H3;7-9H,5-6H2,1-4H3/t2*8-,9+/m00/s1. The summed E-state index contributed by atoms with van der Waals surface area (Å²) in [5.74, 6) is 0.581. The van der Waals surface area contributed by atoms with Gasteiger partial charge in [-0.05, 0) is 66.2 Å². The molecule has 0 aromatic rings. The first-order valence-corrected chi connectivity index (χ1v) is 10.8. The summed E-state index contributed by atoms with van der Waals surface area (Å²) in [5, 5.41) is 9.20. The number of aliphatic hydroxyl groups is 1. The minimum Gasteiger partial charge on any atom is -0.444 e. The topological polar surface area (TPSA) is 96.4 Å². The summed E-state index contributed by atoms with van der Waals surface area (Å²) in [6, 6.07) is -0.403. The van der Waals surface area contributed by atoms with E-state index in [-0.39, 0.29) is 36.8 Å². The third-order valence-corrected chi connectivity index (χ3v) is 5.23. The van der Waals surface area contributed by atoms with Crippen LogP contribution in [-0.4, -0.2) is 76.4 Å². The van der Waals surface area contributed by atoms with Gasteiger partial charge in [0, 0.05) is 13.1 Å². The average molecular weight is 429 g/mol. The number of ether oxygens (including phenoxy) is 2. The quantitative estimate of drug-likeness (QED) is 0.677. The van der Waals surface area contributed by atoms with Gasteiger partial charge in [0.25, 0.3) is 0 Å². The second-order valence-electron chi connectivity index (χ2n) is 10.3. The summed E-state index contributed by atoms with van der Waals surface area (Å²) in [5.41, 5.74) is -0.973. The number of hydrogen-bond donors (Lipinski definition) is 1. The molecule has 2 amide bonds. The molecule has 8 heteroatoms. The van der Waals surface area contributed by atoms with Crippen LogP contribution in [0.1, 0.15) is 68.2 Å². The van der Waals surface area contributed by atoms with E-state index >= 15 is 0 Å². The van der Waals surface area contributed by atoms with Gasteiger partial charge in [-0.15, -0.1) is 0 Å². The lowest BCUT2D eigenvalue weighted by atomic mass is 10.0. The van der Waals surface area contributed by atoms with Crippen molar-refractivity contribution >= 4 is 18.5 Å². The number of likely N-dealkylation sites (tertiary alicyclic amines) is 2. The Morgan fingerprint density at radius 1 is 0.900 bits per heavy atom. The fraction of sp³-hybridized carbons (Fsp3) is 0.864. The first-order valence-electron chi connectivity index (χ1n) is 10.8. The van der Waals surface area contributed by atoms with Crippen molar-refractivity contribution in [3.63, 3.8) is 0 Å². The molecule has 30 heavy (non-hydrogen) atoms. The van der Waals surface area contributed by atoms with Gasteiger partial charge < -0.3 is 24.3 Å². The Kier molecular flexibility index (Phi) is 9.14. The van der Waals surface area contributed by atoms with Crippen LogP contribution in [0.4, 0.5) is 9.59 Å². The minimum absolute atomic E-state index is 0.0143. The molecule has 2 heterocycles. The van der Waals surface area contributed by atoms with Crippen molar-refractivity contribution in [2.45, 2.75) is 91.5 Å². The van der Waals surface area contributed by atoms with E-state index in [1.165, 1.54) is 4.90 Å². The third kappa shape index (κ3) is 7.78. The molecular formula is C22H40N2O6. The Morgan fingerprint density at radius 2 is 1.33 bits per heavy atom. The molecule has 0 aliphatic carbocycles. The Morgan fingerprint density at radius 3 is 1.77 bits per heavy atom. The molecular weight excluding hydrogens is 388 g/mol. The number of amides is 2. The maximum atomic E-state index is 11.8. The van der Waals surface area contributed by atoms with E-state index in [0.717, 1.165) is 19.1 Å². The number of carbonyl (C=O) groups excluding carboxylic acids is 3. The van der Waals surface area contributed by atoms with E-state index < -0.39 is 11.2 Å². The van der Waals surface area contributed by atoms with Crippen molar-refractivity contribution in [3.05, 3.63) is 0 Å². The molecule has 2 aliphatic rings. The molecule has 2 fully saturated rings. The van der Waals surface area contributed by atoms with Gasteiger partial charge in [-0.1, -0.05) is 13.8 Å². The van der Waals surface area contributed by atoms with E-state index in [4.69, 9.17) is 9.47 Å². The second kappa shape index (κ2) is 10.5. The van der Waals surface area contributed by atoms with Crippen LogP contribution < -0.4 is 0 Å². The van der Waals surface area contributed by atoms with Gasteiger partial charge in [0.2, 0.25) is 0 Å². The highest BCUT2D eigenvalue weighted by molar-refractivity contribution is 5.74. The first kappa shape index (κ1) is 26.2. The molecule has 0 aromatic carbocycles. The zero-order chi connectivity index (χ0) is 23.3. The Labute approximate surface area is 180 Å². The van der Waals surface area contributed by atoms with Gasteiger partial charge in [0.15, 0.2) is 0 Å². The maximum Gasteiger partial charge on any atom is 0.410 e. The molecule has 0 aromatic heterocycles. The van der Waals surface area contributed by atoms with Crippen molar-refractivity contribution in [1.29, 1.82) is 0 Å². The number of aliphatic hydroxyl groups excluding tert-OH is 1.